The van der Waals surface area contributed by atoms with Crippen molar-refractivity contribution in [1.82, 2.24) is 29.9 Å². The van der Waals surface area contributed by atoms with E-state index in [0.29, 0.717) is 6.54 Å². The SMILES string of the molecule is CCN1CCN(C(=O)NCc2ccc(-n3nc(C)cc3C)nc2)CC1. The van der Waals surface area contributed by atoms with Gasteiger partial charge in [0.05, 0.1) is 5.69 Å². The summed E-state index contributed by atoms with van der Waals surface area (Å²) in [4.78, 5) is 21.0. The van der Waals surface area contributed by atoms with Gasteiger partial charge in [0.1, 0.15) is 0 Å². The van der Waals surface area contributed by atoms with Crippen LogP contribution >= 0.6 is 0 Å². The number of nitrogens with zero attached hydrogens (tertiary/aromatic N) is 5. The predicted molar refractivity (Wildman–Crippen MR) is 96.8 cm³/mol. The van der Waals surface area contributed by atoms with Gasteiger partial charge in [-0.1, -0.05) is 13.0 Å². The third-order valence-electron chi connectivity index (χ3n) is 4.59. The molecule has 7 nitrogen and oxygen atoms in total. The van der Waals surface area contributed by atoms with E-state index < -0.39 is 0 Å². The number of aromatic nitrogens is 3. The number of nitrogens with one attached hydrogen (secondary N) is 1. The molecule has 3 heterocycles. The van der Waals surface area contributed by atoms with Gasteiger partial charge in [0, 0.05) is 44.6 Å². The monoisotopic (exact) mass is 342 g/mol. The van der Waals surface area contributed by atoms with E-state index in [-0.39, 0.29) is 6.03 Å². The maximum atomic E-state index is 12.3. The number of pyridine rings is 1. The number of carbonyl (C=O) groups excluding carboxylic acids is 1. The summed E-state index contributed by atoms with van der Waals surface area (Å²) in [5.74, 6) is 0.788. The Morgan fingerprint density at radius 3 is 2.52 bits per heavy atom. The van der Waals surface area contributed by atoms with Crippen LogP contribution < -0.4 is 5.32 Å². The summed E-state index contributed by atoms with van der Waals surface area (Å²) < 4.78 is 1.82. The molecule has 3 rings (SSSR count). The number of piperazine rings is 1. The van der Waals surface area contributed by atoms with Crippen LogP contribution in [0.15, 0.2) is 24.4 Å². The number of carbonyl (C=O) groups is 1. The maximum Gasteiger partial charge on any atom is 0.317 e. The molecule has 0 atom stereocenters. The van der Waals surface area contributed by atoms with Crippen molar-refractivity contribution in [3.05, 3.63) is 41.3 Å². The van der Waals surface area contributed by atoms with Crippen molar-refractivity contribution < 1.29 is 4.79 Å². The average Bonchev–Trinajstić information content (AvgIpc) is 2.98. The first kappa shape index (κ1) is 17.4. The second-order valence-corrected chi connectivity index (χ2v) is 6.44. The van der Waals surface area contributed by atoms with Gasteiger partial charge in [0.2, 0.25) is 0 Å². The first-order chi connectivity index (χ1) is 12.1. The third kappa shape index (κ3) is 4.17. The fourth-order valence-electron chi connectivity index (χ4n) is 3.06. The van der Waals surface area contributed by atoms with Gasteiger partial charge in [-0.15, -0.1) is 0 Å². The average molecular weight is 342 g/mol. The van der Waals surface area contributed by atoms with Crippen LogP contribution in [0.5, 0.6) is 0 Å². The number of amides is 2. The van der Waals surface area contributed by atoms with Crippen molar-refractivity contribution in [1.29, 1.82) is 0 Å². The van der Waals surface area contributed by atoms with Gasteiger partial charge in [-0.25, -0.2) is 14.5 Å². The smallest absolute Gasteiger partial charge is 0.317 e. The molecule has 7 heteroatoms. The Balaban J connectivity index is 1.54. The Hall–Kier alpha value is -2.41. The van der Waals surface area contributed by atoms with Crippen LogP contribution in [-0.4, -0.2) is 63.3 Å². The van der Waals surface area contributed by atoms with Crippen LogP contribution in [0.25, 0.3) is 5.82 Å². The van der Waals surface area contributed by atoms with Crippen molar-refractivity contribution >= 4 is 6.03 Å². The molecule has 1 aliphatic heterocycles. The Bertz CT molecular complexity index is 716. The number of aryl methyl sites for hydroxylation is 2. The van der Waals surface area contributed by atoms with Crippen LogP contribution in [0, 0.1) is 13.8 Å². The van der Waals surface area contributed by atoms with E-state index in [4.69, 9.17) is 0 Å². The van der Waals surface area contributed by atoms with E-state index in [9.17, 15) is 4.79 Å². The highest BCUT2D eigenvalue weighted by Crippen LogP contribution is 2.10. The number of hydrogen-bond acceptors (Lipinski definition) is 4. The molecule has 0 unspecified atom stereocenters. The Morgan fingerprint density at radius 1 is 1.20 bits per heavy atom. The molecule has 0 aliphatic carbocycles. The Morgan fingerprint density at radius 2 is 1.96 bits per heavy atom. The van der Waals surface area contributed by atoms with Gasteiger partial charge < -0.3 is 15.1 Å². The first-order valence-electron chi connectivity index (χ1n) is 8.80. The van der Waals surface area contributed by atoms with E-state index in [0.717, 1.165) is 55.5 Å². The molecule has 1 saturated heterocycles. The molecule has 2 aromatic rings. The standard InChI is InChI=1S/C18H26N6O/c1-4-22-7-9-23(10-8-22)18(25)20-13-16-5-6-17(19-12-16)24-15(3)11-14(2)21-24/h5-6,11-12H,4,7-10,13H2,1-3H3,(H,20,25). The first-order valence-corrected chi connectivity index (χ1v) is 8.80. The molecule has 0 radical (unpaired) electrons. The van der Waals surface area contributed by atoms with E-state index in [1.807, 2.05) is 41.6 Å². The molecule has 1 fully saturated rings. The van der Waals surface area contributed by atoms with Gasteiger partial charge in [0.25, 0.3) is 0 Å². The van der Waals surface area contributed by atoms with Crippen LogP contribution in [0.4, 0.5) is 4.79 Å². The van der Waals surface area contributed by atoms with Crippen molar-refractivity contribution in [2.45, 2.75) is 27.3 Å². The molecule has 0 spiro atoms. The Kier molecular flexibility index (Phi) is 5.33. The summed E-state index contributed by atoms with van der Waals surface area (Å²) in [5, 5.41) is 7.41. The van der Waals surface area contributed by atoms with Gasteiger partial charge in [-0.05, 0) is 38.1 Å². The van der Waals surface area contributed by atoms with Crippen molar-refractivity contribution in [3.63, 3.8) is 0 Å². The lowest BCUT2D eigenvalue weighted by Gasteiger charge is -2.34. The zero-order chi connectivity index (χ0) is 17.8. The fraction of sp³-hybridized carbons (Fsp3) is 0.500. The zero-order valence-electron chi connectivity index (χ0n) is 15.2. The molecule has 25 heavy (non-hydrogen) atoms. The van der Waals surface area contributed by atoms with Crippen molar-refractivity contribution in [3.8, 4) is 5.82 Å². The lowest BCUT2D eigenvalue weighted by Crippen LogP contribution is -2.51. The molecular weight excluding hydrogens is 316 g/mol. The van der Waals surface area contributed by atoms with Gasteiger partial charge in [-0.3, -0.25) is 0 Å². The van der Waals surface area contributed by atoms with E-state index >= 15 is 0 Å². The van der Waals surface area contributed by atoms with Crippen LogP contribution in [0.1, 0.15) is 23.9 Å². The number of likely N-dealkylation sites (N-methyl/N-ethyl adjacent to an activating group) is 1. The summed E-state index contributed by atoms with van der Waals surface area (Å²) in [6.07, 6.45) is 1.79. The molecule has 2 aromatic heterocycles. The molecule has 134 valence electrons. The second-order valence-electron chi connectivity index (χ2n) is 6.44. The van der Waals surface area contributed by atoms with Gasteiger partial charge in [0.15, 0.2) is 5.82 Å². The molecule has 1 N–H and O–H groups in total. The van der Waals surface area contributed by atoms with E-state index in [1.54, 1.807) is 6.20 Å². The van der Waals surface area contributed by atoms with Crippen LogP contribution in [0.2, 0.25) is 0 Å². The minimum atomic E-state index is -0.00150. The van der Waals surface area contributed by atoms with Crippen LogP contribution in [-0.2, 0) is 6.54 Å². The molecule has 1 aliphatic rings. The van der Waals surface area contributed by atoms with Gasteiger partial charge in [-0.2, -0.15) is 5.10 Å². The van der Waals surface area contributed by atoms with Crippen LogP contribution in [0.3, 0.4) is 0 Å². The minimum Gasteiger partial charge on any atom is -0.334 e. The zero-order valence-corrected chi connectivity index (χ0v) is 15.2. The summed E-state index contributed by atoms with van der Waals surface area (Å²) in [7, 11) is 0. The summed E-state index contributed by atoms with van der Waals surface area (Å²) in [5.41, 5.74) is 3.00. The molecule has 0 aromatic carbocycles. The largest absolute Gasteiger partial charge is 0.334 e. The maximum absolute atomic E-state index is 12.3. The predicted octanol–water partition coefficient (Wildman–Crippen LogP) is 1.73. The lowest BCUT2D eigenvalue weighted by molar-refractivity contribution is 0.142. The highest BCUT2D eigenvalue weighted by atomic mass is 16.2. The fourth-order valence-corrected chi connectivity index (χ4v) is 3.06. The molecule has 0 bridgehead atoms. The molecular formula is C18H26N6O. The quantitative estimate of drug-likeness (QED) is 0.919. The van der Waals surface area contributed by atoms with E-state index in [1.165, 1.54) is 0 Å². The minimum absolute atomic E-state index is 0.00150. The summed E-state index contributed by atoms with van der Waals surface area (Å²) in [6, 6.07) is 5.93. The second kappa shape index (κ2) is 7.65. The summed E-state index contributed by atoms with van der Waals surface area (Å²) >= 11 is 0. The number of rotatable bonds is 4. The molecule has 2 amide bonds. The number of hydrogen-bond donors (Lipinski definition) is 1. The van der Waals surface area contributed by atoms with E-state index in [2.05, 4.69) is 27.2 Å². The summed E-state index contributed by atoms with van der Waals surface area (Å²) in [6.45, 7) is 11.1. The Labute approximate surface area is 148 Å². The normalized spacial score (nSPS) is 15.4. The topological polar surface area (TPSA) is 66.3 Å². The van der Waals surface area contributed by atoms with Crippen molar-refractivity contribution in [2.24, 2.45) is 0 Å². The third-order valence-corrected chi connectivity index (χ3v) is 4.59. The number of urea groups is 1. The highest BCUT2D eigenvalue weighted by molar-refractivity contribution is 5.74. The molecule has 0 saturated carbocycles. The van der Waals surface area contributed by atoms with Crippen molar-refractivity contribution in [2.75, 3.05) is 32.7 Å². The highest BCUT2D eigenvalue weighted by Gasteiger charge is 2.19. The lowest BCUT2D eigenvalue weighted by atomic mass is 10.3. The van der Waals surface area contributed by atoms with Gasteiger partial charge >= 0.3 is 6.03 Å².